The number of benzene rings is 2. The summed E-state index contributed by atoms with van der Waals surface area (Å²) >= 11 is 6.15. The Bertz CT molecular complexity index is 994. The smallest absolute Gasteiger partial charge is 0.291 e. The Morgan fingerprint density at radius 2 is 1.92 bits per heavy atom. The van der Waals surface area contributed by atoms with Crippen molar-refractivity contribution >= 4 is 29.1 Å². The number of carbonyl (C=O) groups is 2. The van der Waals surface area contributed by atoms with E-state index in [9.17, 15) is 9.59 Å². The number of furan rings is 1. The Labute approximate surface area is 148 Å². The molecule has 6 heteroatoms. The molecule has 1 aliphatic heterocycles. The van der Waals surface area contributed by atoms with E-state index in [0.717, 1.165) is 11.1 Å². The molecular weight excluding hydrogens is 340 g/mol. The Morgan fingerprint density at radius 1 is 1.08 bits per heavy atom. The maximum Gasteiger partial charge on any atom is 0.291 e. The predicted octanol–water partition coefficient (Wildman–Crippen LogP) is 4.10. The van der Waals surface area contributed by atoms with Gasteiger partial charge < -0.3 is 15.1 Å². The van der Waals surface area contributed by atoms with E-state index in [1.54, 1.807) is 30.3 Å². The van der Waals surface area contributed by atoms with Crippen LogP contribution in [-0.2, 0) is 6.54 Å². The quantitative estimate of drug-likeness (QED) is 0.745. The molecule has 0 fully saturated rings. The number of hydrogen-bond acceptors (Lipinski definition) is 3. The van der Waals surface area contributed by atoms with Crippen LogP contribution >= 0.6 is 11.6 Å². The summed E-state index contributed by atoms with van der Waals surface area (Å²) in [4.78, 5) is 24.1. The lowest BCUT2D eigenvalue weighted by Crippen LogP contribution is -2.13. The zero-order valence-corrected chi connectivity index (χ0v) is 13.8. The van der Waals surface area contributed by atoms with Crippen molar-refractivity contribution in [1.82, 2.24) is 5.32 Å². The monoisotopic (exact) mass is 352 g/mol. The summed E-state index contributed by atoms with van der Waals surface area (Å²) in [5.41, 5.74) is 2.75. The van der Waals surface area contributed by atoms with E-state index < -0.39 is 5.91 Å². The molecular formula is C19H13ClN2O3. The van der Waals surface area contributed by atoms with Gasteiger partial charge in [-0.05, 0) is 42.0 Å². The number of halogens is 1. The molecule has 2 aromatic carbocycles. The van der Waals surface area contributed by atoms with Gasteiger partial charge in [-0.15, -0.1) is 0 Å². The minimum absolute atomic E-state index is 0.134. The molecule has 0 aliphatic carbocycles. The number of hydrogen-bond donors (Lipinski definition) is 2. The molecule has 1 aromatic heterocycles. The maximum atomic E-state index is 12.4. The highest BCUT2D eigenvalue weighted by atomic mass is 35.5. The number of rotatable bonds is 3. The van der Waals surface area contributed by atoms with Crippen LogP contribution in [0.4, 0.5) is 5.69 Å². The van der Waals surface area contributed by atoms with Crippen molar-refractivity contribution in [1.29, 1.82) is 0 Å². The van der Waals surface area contributed by atoms with Crippen LogP contribution in [0.3, 0.4) is 0 Å². The second kappa shape index (κ2) is 6.11. The SMILES string of the molecule is O=C(Nc1ccc2c(c1)C(=O)NC2)c1ccc(-c2ccccc2Cl)o1. The summed E-state index contributed by atoms with van der Waals surface area (Å²) < 4.78 is 5.62. The maximum absolute atomic E-state index is 12.4. The zero-order chi connectivity index (χ0) is 17.4. The summed E-state index contributed by atoms with van der Waals surface area (Å²) in [6.07, 6.45) is 0. The van der Waals surface area contributed by atoms with Crippen LogP contribution < -0.4 is 10.6 Å². The zero-order valence-electron chi connectivity index (χ0n) is 13.0. The predicted molar refractivity (Wildman–Crippen MR) is 94.7 cm³/mol. The molecule has 1 aliphatic rings. The molecule has 4 rings (SSSR count). The third-order valence-electron chi connectivity index (χ3n) is 4.02. The lowest BCUT2D eigenvalue weighted by molar-refractivity contribution is 0.0963. The summed E-state index contributed by atoms with van der Waals surface area (Å²) in [6, 6.07) is 15.8. The van der Waals surface area contributed by atoms with Crippen LogP contribution in [0, 0.1) is 0 Å². The number of fused-ring (bicyclic) bond motifs is 1. The summed E-state index contributed by atoms with van der Waals surface area (Å²) in [6.45, 7) is 0.516. The molecule has 0 bridgehead atoms. The van der Waals surface area contributed by atoms with Gasteiger partial charge in [0.25, 0.3) is 11.8 Å². The van der Waals surface area contributed by atoms with Gasteiger partial charge in [-0.2, -0.15) is 0 Å². The van der Waals surface area contributed by atoms with Crippen molar-refractivity contribution < 1.29 is 14.0 Å². The highest BCUT2D eigenvalue weighted by Crippen LogP contribution is 2.29. The molecule has 2 heterocycles. The van der Waals surface area contributed by atoms with Crippen molar-refractivity contribution in [3.8, 4) is 11.3 Å². The van der Waals surface area contributed by atoms with Gasteiger partial charge in [0.1, 0.15) is 5.76 Å². The lowest BCUT2D eigenvalue weighted by Gasteiger charge is -2.05. The van der Waals surface area contributed by atoms with Gasteiger partial charge in [-0.1, -0.05) is 29.8 Å². The fourth-order valence-corrected chi connectivity index (χ4v) is 2.98. The Morgan fingerprint density at radius 3 is 2.76 bits per heavy atom. The first-order chi connectivity index (χ1) is 12.1. The van der Waals surface area contributed by atoms with Crippen molar-refractivity contribution in [2.45, 2.75) is 6.54 Å². The minimum atomic E-state index is -0.392. The van der Waals surface area contributed by atoms with Crippen LogP contribution in [0.2, 0.25) is 5.02 Å². The number of amides is 2. The Hall–Kier alpha value is -3.05. The molecule has 0 atom stereocenters. The summed E-state index contributed by atoms with van der Waals surface area (Å²) in [5.74, 6) is 0.158. The van der Waals surface area contributed by atoms with E-state index in [1.165, 1.54) is 0 Å². The second-order valence-electron chi connectivity index (χ2n) is 5.65. The fourth-order valence-electron chi connectivity index (χ4n) is 2.75. The van der Waals surface area contributed by atoms with E-state index in [4.69, 9.17) is 16.0 Å². The standard InChI is InChI=1S/C19H13ClN2O3/c20-15-4-2-1-3-13(15)16-7-8-17(25-16)19(24)22-12-6-5-11-10-21-18(23)14(11)9-12/h1-9H,10H2,(H,21,23)(H,22,24). The van der Waals surface area contributed by atoms with Gasteiger partial charge in [0.05, 0.1) is 5.02 Å². The Kier molecular flexibility index (Phi) is 3.78. The van der Waals surface area contributed by atoms with E-state index in [0.29, 0.717) is 28.6 Å². The lowest BCUT2D eigenvalue weighted by atomic mass is 10.1. The molecule has 2 amide bonds. The first-order valence-electron chi connectivity index (χ1n) is 7.69. The average molecular weight is 353 g/mol. The molecule has 3 aromatic rings. The topological polar surface area (TPSA) is 71.3 Å². The highest BCUT2D eigenvalue weighted by Gasteiger charge is 2.20. The van der Waals surface area contributed by atoms with Gasteiger partial charge in [0.2, 0.25) is 0 Å². The molecule has 0 unspecified atom stereocenters. The van der Waals surface area contributed by atoms with E-state index in [-0.39, 0.29) is 11.7 Å². The number of nitrogens with one attached hydrogen (secondary N) is 2. The van der Waals surface area contributed by atoms with Crippen molar-refractivity contribution in [3.63, 3.8) is 0 Å². The molecule has 25 heavy (non-hydrogen) atoms. The first-order valence-corrected chi connectivity index (χ1v) is 8.07. The molecule has 0 saturated heterocycles. The molecule has 0 saturated carbocycles. The van der Waals surface area contributed by atoms with E-state index >= 15 is 0 Å². The summed E-state index contributed by atoms with van der Waals surface area (Å²) in [5, 5.41) is 6.03. The molecule has 2 N–H and O–H groups in total. The third-order valence-corrected chi connectivity index (χ3v) is 4.35. The molecule has 124 valence electrons. The van der Waals surface area contributed by atoms with Gasteiger partial charge in [0, 0.05) is 23.4 Å². The molecule has 0 spiro atoms. The number of anilines is 1. The van der Waals surface area contributed by atoms with E-state index in [2.05, 4.69) is 10.6 Å². The van der Waals surface area contributed by atoms with Crippen LogP contribution in [0.15, 0.2) is 59.0 Å². The minimum Gasteiger partial charge on any atom is -0.451 e. The fraction of sp³-hybridized carbons (Fsp3) is 0.0526. The Balaban J connectivity index is 1.56. The van der Waals surface area contributed by atoms with Crippen LogP contribution in [0.5, 0.6) is 0 Å². The third kappa shape index (κ3) is 2.90. The van der Waals surface area contributed by atoms with Gasteiger partial charge >= 0.3 is 0 Å². The van der Waals surface area contributed by atoms with Crippen molar-refractivity contribution in [2.24, 2.45) is 0 Å². The normalized spacial score (nSPS) is 12.6. The summed E-state index contributed by atoms with van der Waals surface area (Å²) in [7, 11) is 0. The van der Waals surface area contributed by atoms with Crippen LogP contribution in [0.25, 0.3) is 11.3 Å². The van der Waals surface area contributed by atoms with Gasteiger partial charge in [-0.3, -0.25) is 9.59 Å². The molecule has 5 nitrogen and oxygen atoms in total. The average Bonchev–Trinajstić information content (AvgIpc) is 3.23. The van der Waals surface area contributed by atoms with E-state index in [1.807, 2.05) is 24.3 Å². The van der Waals surface area contributed by atoms with Crippen LogP contribution in [-0.4, -0.2) is 11.8 Å². The van der Waals surface area contributed by atoms with Crippen molar-refractivity contribution in [2.75, 3.05) is 5.32 Å². The van der Waals surface area contributed by atoms with Gasteiger partial charge in [0.15, 0.2) is 5.76 Å². The van der Waals surface area contributed by atoms with Crippen molar-refractivity contribution in [3.05, 3.63) is 76.5 Å². The van der Waals surface area contributed by atoms with Crippen LogP contribution in [0.1, 0.15) is 26.5 Å². The number of carbonyl (C=O) groups excluding carboxylic acids is 2. The first kappa shape index (κ1) is 15.5. The highest BCUT2D eigenvalue weighted by molar-refractivity contribution is 6.33. The second-order valence-corrected chi connectivity index (χ2v) is 6.06. The largest absolute Gasteiger partial charge is 0.451 e. The molecule has 0 radical (unpaired) electrons. The van der Waals surface area contributed by atoms with Gasteiger partial charge in [-0.25, -0.2) is 0 Å².